The Bertz CT molecular complexity index is 605. The Morgan fingerprint density at radius 1 is 1.33 bits per heavy atom. The quantitative estimate of drug-likeness (QED) is 0.825. The van der Waals surface area contributed by atoms with Crippen molar-refractivity contribution in [3.05, 3.63) is 51.8 Å². The van der Waals surface area contributed by atoms with E-state index in [2.05, 4.69) is 10.2 Å². The molecule has 0 radical (unpaired) electrons. The van der Waals surface area contributed by atoms with Gasteiger partial charge >= 0.3 is 0 Å². The summed E-state index contributed by atoms with van der Waals surface area (Å²) in [5, 5.41) is 6.32. The highest BCUT2D eigenvalue weighted by Gasteiger charge is 2.14. The summed E-state index contributed by atoms with van der Waals surface area (Å²) in [6.07, 6.45) is 0.638. The smallest absolute Gasteiger partial charge is 0.270 e. The van der Waals surface area contributed by atoms with Gasteiger partial charge in [-0.3, -0.25) is 9.59 Å². The van der Waals surface area contributed by atoms with E-state index in [1.807, 2.05) is 30.3 Å². The Morgan fingerprint density at radius 3 is 2.67 bits per heavy atom. The third-order valence-electron chi connectivity index (χ3n) is 2.58. The minimum atomic E-state index is -0.404. The lowest BCUT2D eigenvalue weighted by atomic mass is 10.0. The van der Waals surface area contributed by atoms with Crippen molar-refractivity contribution < 1.29 is 9.53 Å². The van der Waals surface area contributed by atoms with Gasteiger partial charge < -0.3 is 4.74 Å². The first-order chi connectivity index (χ1) is 8.77. The number of nitrogens with one attached hydrogen (secondary N) is 1. The first-order valence-electron chi connectivity index (χ1n) is 5.39. The van der Waals surface area contributed by atoms with Gasteiger partial charge in [-0.25, -0.2) is 5.10 Å². The number of hydrogen-bond donors (Lipinski definition) is 1. The molecule has 1 N–H and O–H groups in total. The summed E-state index contributed by atoms with van der Waals surface area (Å²) in [5.74, 6) is 0. The maximum Gasteiger partial charge on any atom is 0.270 e. The molecule has 0 amide bonds. The molecule has 5 heteroatoms. The monoisotopic (exact) mass is 244 g/mol. The molecule has 0 fully saturated rings. The van der Waals surface area contributed by atoms with Crippen molar-refractivity contribution in [2.45, 2.75) is 6.61 Å². The molecule has 18 heavy (non-hydrogen) atoms. The van der Waals surface area contributed by atoms with Crippen LogP contribution in [0, 0.1) is 0 Å². The average molecular weight is 244 g/mol. The molecule has 0 unspecified atom stereocenters. The minimum Gasteiger partial charge on any atom is -0.380 e. The standard InChI is InChI=1S/C13H12N2O3/c1-18-8-11-10(7-16)12(14-15-13(11)17)9-5-3-2-4-6-9/h2-7H,8H2,1H3,(H,15,17). The van der Waals surface area contributed by atoms with E-state index >= 15 is 0 Å². The third kappa shape index (κ3) is 2.21. The number of nitrogens with zero attached hydrogens (tertiary/aromatic N) is 1. The first-order valence-corrected chi connectivity index (χ1v) is 5.39. The lowest BCUT2D eigenvalue weighted by Gasteiger charge is -2.07. The summed E-state index contributed by atoms with van der Waals surface area (Å²) >= 11 is 0. The zero-order valence-electron chi connectivity index (χ0n) is 9.84. The van der Waals surface area contributed by atoms with Gasteiger partial charge in [-0.2, -0.15) is 5.10 Å². The van der Waals surface area contributed by atoms with Gasteiger partial charge in [0.25, 0.3) is 5.56 Å². The van der Waals surface area contributed by atoms with Crippen molar-refractivity contribution in [2.24, 2.45) is 0 Å². The SMILES string of the molecule is COCc1c(C=O)c(-c2ccccc2)n[nH]c1=O. The van der Waals surface area contributed by atoms with Crippen LogP contribution < -0.4 is 5.56 Å². The van der Waals surface area contributed by atoms with Crippen LogP contribution in [0.4, 0.5) is 0 Å². The fraction of sp³-hybridized carbons (Fsp3) is 0.154. The number of aldehydes is 1. The van der Waals surface area contributed by atoms with Crippen molar-refractivity contribution in [3.63, 3.8) is 0 Å². The number of rotatable bonds is 4. The van der Waals surface area contributed by atoms with Crippen LogP contribution in [-0.4, -0.2) is 23.6 Å². The number of benzene rings is 1. The molecule has 0 aliphatic carbocycles. The number of aromatic amines is 1. The predicted octanol–water partition coefficient (Wildman–Crippen LogP) is 1.40. The second kappa shape index (κ2) is 5.37. The highest BCUT2D eigenvalue weighted by atomic mass is 16.5. The molecule has 0 saturated carbocycles. The first kappa shape index (κ1) is 12.2. The van der Waals surface area contributed by atoms with E-state index in [0.29, 0.717) is 17.5 Å². The Balaban J connectivity index is 2.66. The molecule has 0 saturated heterocycles. The summed E-state index contributed by atoms with van der Waals surface area (Å²) in [4.78, 5) is 22.8. The molecular formula is C13H12N2O3. The number of carbonyl (C=O) groups excluding carboxylic acids is 1. The Morgan fingerprint density at radius 2 is 2.06 bits per heavy atom. The van der Waals surface area contributed by atoms with Gasteiger partial charge in [0.1, 0.15) is 5.69 Å². The van der Waals surface area contributed by atoms with E-state index in [1.54, 1.807) is 0 Å². The normalized spacial score (nSPS) is 10.3. The predicted molar refractivity (Wildman–Crippen MR) is 66.4 cm³/mol. The maximum atomic E-state index is 11.6. The van der Waals surface area contributed by atoms with Gasteiger partial charge in [0.2, 0.25) is 0 Å². The number of ether oxygens (including phenoxy) is 1. The van der Waals surface area contributed by atoms with E-state index in [1.165, 1.54) is 7.11 Å². The van der Waals surface area contributed by atoms with Gasteiger partial charge in [-0.05, 0) is 0 Å². The molecule has 0 spiro atoms. The van der Waals surface area contributed by atoms with Crippen molar-refractivity contribution in [1.29, 1.82) is 0 Å². The number of methoxy groups -OCH3 is 1. The van der Waals surface area contributed by atoms with E-state index in [9.17, 15) is 9.59 Å². The summed E-state index contributed by atoms with van der Waals surface area (Å²) in [7, 11) is 1.47. The van der Waals surface area contributed by atoms with Crippen LogP contribution >= 0.6 is 0 Å². The molecule has 5 nitrogen and oxygen atoms in total. The van der Waals surface area contributed by atoms with Gasteiger partial charge in [0.15, 0.2) is 6.29 Å². The zero-order valence-corrected chi connectivity index (χ0v) is 9.84. The molecule has 92 valence electrons. The molecule has 0 aliphatic heterocycles. The lowest BCUT2D eigenvalue weighted by molar-refractivity contribution is 0.111. The number of hydrogen-bond acceptors (Lipinski definition) is 4. The van der Waals surface area contributed by atoms with Gasteiger partial charge in [-0.15, -0.1) is 0 Å². The molecule has 1 aromatic carbocycles. The average Bonchev–Trinajstić information content (AvgIpc) is 2.42. The number of H-pyrrole nitrogens is 1. The molecule has 1 heterocycles. The van der Waals surface area contributed by atoms with Crippen LogP contribution in [0.5, 0.6) is 0 Å². The largest absolute Gasteiger partial charge is 0.380 e. The Kier molecular flexibility index (Phi) is 3.64. The Hall–Kier alpha value is -2.27. The lowest BCUT2D eigenvalue weighted by Crippen LogP contribution is -2.19. The van der Waals surface area contributed by atoms with E-state index in [-0.39, 0.29) is 12.2 Å². The van der Waals surface area contributed by atoms with Crippen LogP contribution in [0.25, 0.3) is 11.3 Å². The Labute approximate surface area is 103 Å². The molecular weight excluding hydrogens is 232 g/mol. The summed E-state index contributed by atoms with van der Waals surface area (Å²) in [6, 6.07) is 9.19. The topological polar surface area (TPSA) is 72.0 Å². The molecule has 2 aromatic rings. The fourth-order valence-corrected chi connectivity index (χ4v) is 1.73. The number of carbonyl (C=O) groups is 1. The van der Waals surface area contributed by atoms with Crippen LogP contribution in [-0.2, 0) is 11.3 Å². The molecule has 0 bridgehead atoms. The highest BCUT2D eigenvalue weighted by molar-refractivity contribution is 5.87. The van der Waals surface area contributed by atoms with E-state index in [0.717, 1.165) is 5.56 Å². The van der Waals surface area contributed by atoms with Crippen LogP contribution in [0.2, 0.25) is 0 Å². The summed E-state index contributed by atoms with van der Waals surface area (Å²) in [6.45, 7) is 0.0752. The van der Waals surface area contributed by atoms with Crippen molar-refractivity contribution in [2.75, 3.05) is 7.11 Å². The van der Waals surface area contributed by atoms with Crippen LogP contribution in [0.3, 0.4) is 0 Å². The molecule has 0 atom stereocenters. The minimum absolute atomic E-state index is 0.0752. The second-order valence-electron chi connectivity index (χ2n) is 3.71. The van der Waals surface area contributed by atoms with Crippen LogP contribution in [0.15, 0.2) is 35.1 Å². The summed E-state index contributed by atoms with van der Waals surface area (Å²) in [5.41, 5.74) is 1.39. The van der Waals surface area contributed by atoms with Gasteiger partial charge in [0, 0.05) is 12.7 Å². The molecule has 2 rings (SSSR count). The van der Waals surface area contributed by atoms with Crippen molar-refractivity contribution in [1.82, 2.24) is 10.2 Å². The van der Waals surface area contributed by atoms with Crippen molar-refractivity contribution in [3.8, 4) is 11.3 Å². The molecule has 0 aliphatic rings. The zero-order chi connectivity index (χ0) is 13.0. The van der Waals surface area contributed by atoms with E-state index < -0.39 is 5.56 Å². The maximum absolute atomic E-state index is 11.6. The van der Waals surface area contributed by atoms with Gasteiger partial charge in [0.05, 0.1) is 17.7 Å². The van der Waals surface area contributed by atoms with E-state index in [4.69, 9.17) is 4.74 Å². The molecule has 1 aromatic heterocycles. The number of aromatic nitrogens is 2. The third-order valence-corrected chi connectivity index (χ3v) is 2.58. The fourth-order valence-electron chi connectivity index (χ4n) is 1.73. The highest BCUT2D eigenvalue weighted by Crippen LogP contribution is 2.20. The van der Waals surface area contributed by atoms with Gasteiger partial charge in [-0.1, -0.05) is 30.3 Å². The van der Waals surface area contributed by atoms with Crippen LogP contribution in [0.1, 0.15) is 15.9 Å². The summed E-state index contributed by atoms with van der Waals surface area (Å²) < 4.78 is 4.94. The van der Waals surface area contributed by atoms with Crippen molar-refractivity contribution >= 4 is 6.29 Å². The second-order valence-corrected chi connectivity index (χ2v) is 3.71.